The van der Waals surface area contributed by atoms with Crippen molar-refractivity contribution in [2.24, 2.45) is 0 Å². The molecule has 0 heterocycles. The number of alkyl halides is 7. The van der Waals surface area contributed by atoms with E-state index < -0.39 is 31.1 Å². The monoisotopic (exact) mass is 292 g/mol. The molecule has 108 valence electrons. The molecule has 9 heteroatoms. The molecular weight excluding hydrogens is 285 g/mol. The van der Waals surface area contributed by atoms with Gasteiger partial charge in [-0.3, -0.25) is 0 Å². The molecule has 0 spiro atoms. The van der Waals surface area contributed by atoms with Gasteiger partial charge in [0.1, 0.15) is 11.5 Å². The highest BCUT2D eigenvalue weighted by Crippen LogP contribution is 2.36. The highest BCUT2D eigenvalue weighted by molar-refractivity contribution is 5.31. The van der Waals surface area contributed by atoms with Crippen LogP contribution in [0, 0.1) is 0 Å². The van der Waals surface area contributed by atoms with Crippen molar-refractivity contribution >= 4 is 0 Å². The number of halogens is 7. The molecule has 0 aliphatic heterocycles. The van der Waals surface area contributed by atoms with E-state index in [0.29, 0.717) is 0 Å². The van der Waals surface area contributed by atoms with E-state index in [1.165, 1.54) is 0 Å². The second-order valence-corrected chi connectivity index (χ2v) is 3.29. The van der Waals surface area contributed by atoms with E-state index in [1.54, 1.807) is 0 Å². The predicted molar refractivity (Wildman–Crippen MR) is 49.6 cm³/mol. The van der Waals surface area contributed by atoms with E-state index in [-0.39, 0.29) is 5.75 Å². The molecule has 19 heavy (non-hydrogen) atoms. The maximum absolute atomic E-state index is 12.8. The number of benzene rings is 1. The van der Waals surface area contributed by atoms with E-state index in [9.17, 15) is 30.7 Å². The van der Waals surface area contributed by atoms with Crippen molar-refractivity contribution in [3.8, 4) is 11.5 Å². The maximum Gasteiger partial charge on any atom is 0.439 e. The molecule has 0 amide bonds. The van der Waals surface area contributed by atoms with Crippen molar-refractivity contribution in [1.29, 1.82) is 0 Å². The van der Waals surface area contributed by atoms with Gasteiger partial charge in [-0.15, -0.1) is 0 Å². The molecule has 1 aromatic carbocycles. The maximum atomic E-state index is 12.8. The highest BCUT2D eigenvalue weighted by Gasteiger charge is 2.59. The van der Waals surface area contributed by atoms with Crippen molar-refractivity contribution in [2.75, 3.05) is 6.86 Å². The fraction of sp³-hybridized carbons (Fsp3) is 0.400. The summed E-state index contributed by atoms with van der Waals surface area (Å²) in [6.45, 7) is -1.17. The minimum atomic E-state index is -5.75. The van der Waals surface area contributed by atoms with Crippen LogP contribution in [0.5, 0.6) is 11.5 Å². The summed E-state index contributed by atoms with van der Waals surface area (Å²) >= 11 is 0. The second kappa shape index (κ2) is 5.54. The highest BCUT2D eigenvalue weighted by atomic mass is 19.4. The van der Waals surface area contributed by atoms with Gasteiger partial charge in [-0.05, 0) is 24.3 Å². The third-order valence-corrected chi connectivity index (χ3v) is 1.88. The van der Waals surface area contributed by atoms with E-state index in [1.807, 2.05) is 0 Å². The largest absolute Gasteiger partial charge is 0.463 e. The lowest BCUT2D eigenvalue weighted by Gasteiger charge is -2.23. The first-order valence-electron chi connectivity index (χ1n) is 4.73. The van der Waals surface area contributed by atoms with Crippen LogP contribution in [0.25, 0.3) is 0 Å². The Morgan fingerprint density at radius 2 is 1.42 bits per heavy atom. The third-order valence-electron chi connectivity index (χ3n) is 1.88. The van der Waals surface area contributed by atoms with Crippen molar-refractivity contribution < 1.29 is 40.2 Å². The van der Waals surface area contributed by atoms with Gasteiger partial charge in [0.05, 0.1) is 0 Å². The zero-order valence-corrected chi connectivity index (χ0v) is 9.06. The number of hydrogen-bond acceptors (Lipinski definition) is 2. The van der Waals surface area contributed by atoms with Crippen LogP contribution in [-0.4, -0.2) is 25.3 Å². The van der Waals surface area contributed by atoms with Crippen LogP contribution < -0.4 is 9.47 Å². The molecule has 0 fully saturated rings. The van der Waals surface area contributed by atoms with E-state index in [0.717, 1.165) is 24.3 Å². The molecule has 1 aromatic rings. The second-order valence-electron chi connectivity index (χ2n) is 3.29. The first kappa shape index (κ1) is 15.4. The predicted octanol–water partition coefficient (Wildman–Crippen LogP) is 3.86. The molecule has 0 aliphatic carbocycles. The first-order chi connectivity index (χ1) is 8.66. The Hall–Kier alpha value is -1.67. The molecule has 0 N–H and O–H groups in total. The molecule has 0 saturated carbocycles. The molecule has 0 aliphatic rings. The number of rotatable bonds is 5. The molecule has 1 atom stereocenters. The lowest BCUT2D eigenvalue weighted by atomic mass is 10.3. The molecule has 0 radical (unpaired) electrons. The lowest BCUT2D eigenvalue weighted by molar-refractivity contribution is -0.304. The van der Waals surface area contributed by atoms with Crippen LogP contribution in [0.15, 0.2) is 24.3 Å². The molecule has 0 saturated heterocycles. The Labute approximate surface area is 102 Å². The van der Waals surface area contributed by atoms with Crippen LogP contribution in [0.1, 0.15) is 0 Å². The third kappa shape index (κ3) is 4.18. The topological polar surface area (TPSA) is 18.5 Å². The fourth-order valence-corrected chi connectivity index (χ4v) is 1.07. The minimum absolute atomic E-state index is 0.0502. The normalized spacial score (nSPS) is 14.1. The van der Waals surface area contributed by atoms with Crippen molar-refractivity contribution in [3.05, 3.63) is 24.3 Å². The Morgan fingerprint density at radius 3 is 1.84 bits per heavy atom. The van der Waals surface area contributed by atoms with Gasteiger partial charge < -0.3 is 9.47 Å². The fourth-order valence-electron chi connectivity index (χ4n) is 1.07. The van der Waals surface area contributed by atoms with E-state index >= 15 is 0 Å². The molecule has 0 aromatic heterocycles. The van der Waals surface area contributed by atoms with Gasteiger partial charge in [-0.2, -0.15) is 22.0 Å². The van der Waals surface area contributed by atoms with Crippen LogP contribution >= 0.6 is 0 Å². The summed E-state index contributed by atoms with van der Waals surface area (Å²) in [5.41, 5.74) is 0. The average Bonchev–Trinajstić information content (AvgIpc) is 2.29. The summed E-state index contributed by atoms with van der Waals surface area (Å²) in [6.07, 6.45) is -15.3. The van der Waals surface area contributed by atoms with Gasteiger partial charge >= 0.3 is 12.3 Å². The Morgan fingerprint density at radius 1 is 0.947 bits per heavy atom. The van der Waals surface area contributed by atoms with Gasteiger partial charge in [-0.1, -0.05) is 0 Å². The zero-order valence-electron chi connectivity index (χ0n) is 9.06. The SMILES string of the molecule is FCOc1ccc(OC(F)(F)C(F)C(F)(F)F)cc1. The van der Waals surface area contributed by atoms with Crippen LogP contribution in [0.3, 0.4) is 0 Å². The van der Waals surface area contributed by atoms with E-state index in [4.69, 9.17) is 0 Å². The number of ether oxygens (including phenoxy) is 2. The van der Waals surface area contributed by atoms with Gasteiger partial charge in [0.25, 0.3) is 6.17 Å². The summed E-state index contributed by atoms with van der Waals surface area (Å²) in [7, 11) is 0. The summed E-state index contributed by atoms with van der Waals surface area (Å²) < 4.78 is 93.3. The molecule has 2 nitrogen and oxygen atoms in total. The van der Waals surface area contributed by atoms with Gasteiger partial charge in [0.2, 0.25) is 6.86 Å². The zero-order chi connectivity index (χ0) is 14.7. The van der Waals surface area contributed by atoms with Crippen molar-refractivity contribution in [1.82, 2.24) is 0 Å². The Kier molecular flexibility index (Phi) is 4.48. The van der Waals surface area contributed by atoms with Gasteiger partial charge in [0.15, 0.2) is 0 Å². The summed E-state index contributed by atoms with van der Waals surface area (Å²) in [5, 5.41) is 0. The summed E-state index contributed by atoms with van der Waals surface area (Å²) in [5.74, 6) is -0.770. The number of hydrogen-bond donors (Lipinski definition) is 0. The summed E-state index contributed by atoms with van der Waals surface area (Å²) in [6, 6.07) is 3.54. The van der Waals surface area contributed by atoms with Crippen molar-refractivity contribution in [2.45, 2.75) is 18.5 Å². The van der Waals surface area contributed by atoms with Crippen LogP contribution in [0.2, 0.25) is 0 Å². The molecular formula is C10H7F7O2. The van der Waals surface area contributed by atoms with Gasteiger partial charge in [0, 0.05) is 0 Å². The van der Waals surface area contributed by atoms with Gasteiger partial charge in [-0.25, -0.2) is 8.78 Å². The average molecular weight is 292 g/mol. The minimum Gasteiger partial charge on any atom is -0.463 e. The van der Waals surface area contributed by atoms with Crippen LogP contribution in [0.4, 0.5) is 30.7 Å². The summed E-state index contributed by atoms with van der Waals surface area (Å²) in [4.78, 5) is 0. The quantitative estimate of drug-likeness (QED) is 0.767. The van der Waals surface area contributed by atoms with Crippen LogP contribution in [-0.2, 0) is 0 Å². The molecule has 1 rings (SSSR count). The standard InChI is InChI=1S/C10H7F7O2/c11-5-18-6-1-3-7(4-2-6)19-10(16,17)8(12)9(13,14)15/h1-4,8H,5H2. The first-order valence-corrected chi connectivity index (χ1v) is 4.73. The smallest absolute Gasteiger partial charge is 0.439 e. The lowest BCUT2D eigenvalue weighted by Crippen LogP contribution is -2.45. The van der Waals surface area contributed by atoms with E-state index in [2.05, 4.69) is 9.47 Å². The Balaban J connectivity index is 2.77. The molecule has 1 unspecified atom stereocenters. The molecule has 0 bridgehead atoms. The Bertz CT molecular complexity index is 401. The van der Waals surface area contributed by atoms with Crippen molar-refractivity contribution in [3.63, 3.8) is 0 Å².